The molecular formula is C22H40O10. The van der Waals surface area contributed by atoms with Gasteiger partial charge in [-0.25, -0.2) is 0 Å². The van der Waals surface area contributed by atoms with Crippen molar-refractivity contribution in [3.05, 3.63) is 0 Å². The van der Waals surface area contributed by atoms with Crippen LogP contribution in [-0.4, -0.2) is 96.4 Å². The van der Waals surface area contributed by atoms with Gasteiger partial charge in [-0.05, 0) is 55.4 Å². The first-order valence-corrected chi connectivity index (χ1v) is 11.2. The van der Waals surface area contributed by atoms with Crippen LogP contribution >= 0.6 is 0 Å². The van der Waals surface area contributed by atoms with Crippen molar-refractivity contribution >= 4 is 0 Å². The van der Waals surface area contributed by atoms with Crippen molar-refractivity contribution in [3.63, 3.8) is 0 Å². The summed E-state index contributed by atoms with van der Waals surface area (Å²) in [4.78, 5) is 0. The second kappa shape index (κ2) is 9.33. The van der Waals surface area contributed by atoms with E-state index in [4.69, 9.17) is 37.9 Å². The quantitative estimate of drug-likeness (QED) is 0.631. The lowest BCUT2D eigenvalue weighted by Crippen LogP contribution is -2.41. The Morgan fingerprint density at radius 1 is 0.656 bits per heavy atom. The van der Waals surface area contributed by atoms with Gasteiger partial charge in [0.2, 0.25) is 0 Å². The molecule has 0 aliphatic carbocycles. The highest BCUT2D eigenvalue weighted by Crippen LogP contribution is 2.35. The van der Waals surface area contributed by atoms with Crippen LogP contribution in [0.3, 0.4) is 0 Å². The topological polar surface area (TPSA) is 114 Å². The van der Waals surface area contributed by atoms with Crippen LogP contribution in [0.25, 0.3) is 0 Å². The second-order valence-corrected chi connectivity index (χ2v) is 10.4. The summed E-state index contributed by atoms with van der Waals surface area (Å²) in [5.41, 5.74) is 0. The van der Waals surface area contributed by atoms with Gasteiger partial charge in [0, 0.05) is 0 Å². The van der Waals surface area contributed by atoms with Crippen LogP contribution in [-0.2, 0) is 37.9 Å². The van der Waals surface area contributed by atoms with Gasteiger partial charge < -0.3 is 48.1 Å². The average molecular weight is 465 g/mol. The highest BCUT2D eigenvalue weighted by molar-refractivity contribution is 4.90. The molecule has 4 saturated heterocycles. The molecule has 32 heavy (non-hydrogen) atoms. The lowest BCUT2D eigenvalue weighted by Gasteiger charge is -2.24. The molecule has 10 heteroatoms. The molecular weight excluding hydrogens is 424 g/mol. The van der Waals surface area contributed by atoms with Gasteiger partial charge in [-0.2, -0.15) is 0 Å². The van der Waals surface area contributed by atoms with Crippen molar-refractivity contribution in [3.8, 4) is 0 Å². The summed E-state index contributed by atoms with van der Waals surface area (Å²) in [6, 6.07) is 0. The zero-order valence-electron chi connectivity index (χ0n) is 20.5. The van der Waals surface area contributed by atoms with Gasteiger partial charge in [-0.15, -0.1) is 0 Å². The standard InChI is InChI=1S/2C11H20O5/c1-10(2)13-5-7(15-10)9(12)8-6-14-11(3,4)16-8;1-10(2)13-6-8(15-10)9-7(5-12)14-11(3,4)16-9/h2*7-9,12H,5-6H2,1-4H3. The van der Waals surface area contributed by atoms with Gasteiger partial charge in [-0.1, -0.05) is 0 Å². The molecule has 2 N–H and O–H groups in total. The Balaban J connectivity index is 0.000000181. The normalized spacial score (nSPS) is 40.1. The summed E-state index contributed by atoms with van der Waals surface area (Å²) in [7, 11) is 0. The van der Waals surface area contributed by atoms with E-state index in [1.807, 2.05) is 55.4 Å². The first-order valence-electron chi connectivity index (χ1n) is 11.2. The Kier molecular flexibility index (Phi) is 7.64. The fraction of sp³-hybridized carbons (Fsp3) is 1.00. The third-order valence-corrected chi connectivity index (χ3v) is 5.62. The number of aliphatic hydroxyl groups is 2. The Labute approximate surface area is 190 Å². The first-order chi connectivity index (χ1) is 14.6. The summed E-state index contributed by atoms with van der Waals surface area (Å²) < 4.78 is 44.5. The average Bonchev–Trinajstić information content (AvgIpc) is 3.39. The maximum Gasteiger partial charge on any atom is 0.164 e. The molecule has 5 unspecified atom stereocenters. The van der Waals surface area contributed by atoms with Crippen molar-refractivity contribution in [2.45, 2.75) is 115 Å². The zero-order valence-corrected chi connectivity index (χ0v) is 20.5. The molecule has 10 nitrogen and oxygen atoms in total. The van der Waals surface area contributed by atoms with Crippen molar-refractivity contribution in [2.75, 3.05) is 26.4 Å². The monoisotopic (exact) mass is 464 g/mol. The largest absolute Gasteiger partial charge is 0.394 e. The highest BCUT2D eigenvalue weighted by Gasteiger charge is 2.49. The highest BCUT2D eigenvalue weighted by atomic mass is 16.8. The van der Waals surface area contributed by atoms with Crippen LogP contribution < -0.4 is 0 Å². The molecule has 4 fully saturated rings. The Bertz CT molecular complexity index is 608. The fourth-order valence-corrected chi connectivity index (χ4v) is 4.20. The number of rotatable bonds is 4. The van der Waals surface area contributed by atoms with Crippen molar-refractivity contribution in [2.24, 2.45) is 0 Å². The maximum atomic E-state index is 10.1. The molecule has 4 heterocycles. The number of hydrogen-bond acceptors (Lipinski definition) is 10. The number of ether oxygens (including phenoxy) is 8. The minimum absolute atomic E-state index is 0.0750. The van der Waals surface area contributed by atoms with Gasteiger partial charge >= 0.3 is 0 Å². The van der Waals surface area contributed by atoms with E-state index in [0.717, 1.165) is 0 Å². The smallest absolute Gasteiger partial charge is 0.164 e. The van der Waals surface area contributed by atoms with Crippen LogP contribution in [0.4, 0.5) is 0 Å². The third kappa shape index (κ3) is 6.59. The lowest BCUT2D eigenvalue weighted by atomic mass is 10.1. The predicted molar refractivity (Wildman–Crippen MR) is 112 cm³/mol. The summed E-state index contributed by atoms with van der Waals surface area (Å²) in [6.45, 7) is 15.9. The minimum atomic E-state index is -0.719. The van der Waals surface area contributed by atoms with E-state index in [9.17, 15) is 10.2 Å². The van der Waals surface area contributed by atoms with Crippen LogP contribution in [0.15, 0.2) is 0 Å². The van der Waals surface area contributed by atoms with Crippen LogP contribution in [0.2, 0.25) is 0 Å². The van der Waals surface area contributed by atoms with Gasteiger partial charge in [0.05, 0.1) is 26.4 Å². The van der Waals surface area contributed by atoms with Gasteiger partial charge in [0.15, 0.2) is 23.1 Å². The van der Waals surface area contributed by atoms with E-state index in [1.54, 1.807) is 0 Å². The van der Waals surface area contributed by atoms with Crippen molar-refractivity contribution in [1.29, 1.82) is 0 Å². The first kappa shape index (κ1) is 26.2. The van der Waals surface area contributed by atoms with Crippen molar-refractivity contribution < 1.29 is 48.1 Å². The van der Waals surface area contributed by atoms with E-state index < -0.39 is 29.3 Å². The molecule has 4 aliphatic rings. The molecule has 4 rings (SSSR count). The molecule has 0 saturated carbocycles. The van der Waals surface area contributed by atoms with E-state index >= 15 is 0 Å². The zero-order chi connectivity index (χ0) is 23.9. The minimum Gasteiger partial charge on any atom is -0.394 e. The Morgan fingerprint density at radius 2 is 1.12 bits per heavy atom. The van der Waals surface area contributed by atoms with Crippen LogP contribution in [0.5, 0.6) is 0 Å². The van der Waals surface area contributed by atoms with E-state index in [-0.39, 0.29) is 37.1 Å². The van der Waals surface area contributed by atoms with Gasteiger partial charge in [0.25, 0.3) is 0 Å². The number of hydrogen-bond donors (Lipinski definition) is 2. The fourth-order valence-electron chi connectivity index (χ4n) is 4.20. The summed E-state index contributed by atoms with van der Waals surface area (Å²) in [5.74, 6) is -2.50. The molecule has 0 amide bonds. The Hall–Kier alpha value is -0.400. The van der Waals surface area contributed by atoms with Crippen LogP contribution in [0, 0.1) is 0 Å². The molecule has 4 aliphatic heterocycles. The molecule has 0 bridgehead atoms. The third-order valence-electron chi connectivity index (χ3n) is 5.62. The van der Waals surface area contributed by atoms with E-state index in [0.29, 0.717) is 19.8 Å². The lowest BCUT2D eigenvalue weighted by molar-refractivity contribution is -0.178. The molecule has 5 atom stereocenters. The van der Waals surface area contributed by atoms with Crippen molar-refractivity contribution in [1.82, 2.24) is 0 Å². The summed E-state index contributed by atoms with van der Waals surface area (Å²) >= 11 is 0. The van der Waals surface area contributed by atoms with Gasteiger partial charge in [-0.3, -0.25) is 0 Å². The van der Waals surface area contributed by atoms with E-state index in [1.165, 1.54) is 0 Å². The van der Waals surface area contributed by atoms with Gasteiger partial charge in [0.1, 0.15) is 36.6 Å². The Morgan fingerprint density at radius 3 is 1.50 bits per heavy atom. The second-order valence-electron chi connectivity index (χ2n) is 10.4. The number of aliphatic hydroxyl groups excluding tert-OH is 2. The molecule has 0 radical (unpaired) electrons. The maximum absolute atomic E-state index is 10.1. The molecule has 0 aromatic carbocycles. The van der Waals surface area contributed by atoms with Crippen LogP contribution in [0.1, 0.15) is 55.4 Å². The SMILES string of the molecule is CC1(C)OCC(C(O)C2COC(C)(C)O2)O1.CC1(C)OCC(C2OC(C)(C)OC2CO)O1. The molecule has 0 spiro atoms. The predicted octanol–water partition coefficient (Wildman–Crippen LogP) is 1.30. The van der Waals surface area contributed by atoms with E-state index in [2.05, 4.69) is 0 Å². The summed E-state index contributed by atoms with van der Waals surface area (Å²) in [6.07, 6.45) is -2.23. The molecule has 0 aromatic rings. The summed E-state index contributed by atoms with van der Waals surface area (Å²) in [5, 5.41) is 19.4. The molecule has 0 aromatic heterocycles. The molecule has 188 valence electrons.